The van der Waals surface area contributed by atoms with Gasteiger partial charge in [-0.15, -0.1) is 0 Å². The molecule has 5 nitrogen and oxygen atoms in total. The van der Waals surface area contributed by atoms with E-state index >= 15 is 0 Å². The van der Waals surface area contributed by atoms with E-state index in [1.54, 1.807) is 7.11 Å². The van der Waals surface area contributed by atoms with E-state index in [4.69, 9.17) is 4.74 Å². The van der Waals surface area contributed by atoms with Gasteiger partial charge < -0.3 is 15.0 Å². The molecule has 0 atom stereocenters. The van der Waals surface area contributed by atoms with Gasteiger partial charge in [-0.1, -0.05) is 19.4 Å². The van der Waals surface area contributed by atoms with Crippen molar-refractivity contribution in [1.29, 1.82) is 0 Å². The van der Waals surface area contributed by atoms with Crippen LogP contribution in [0.25, 0.3) is 0 Å². The summed E-state index contributed by atoms with van der Waals surface area (Å²) in [7, 11) is 3.74. The van der Waals surface area contributed by atoms with Gasteiger partial charge in [-0.3, -0.25) is 0 Å². The van der Waals surface area contributed by atoms with Crippen molar-refractivity contribution in [3.63, 3.8) is 0 Å². The number of ether oxygens (including phenoxy) is 1. The number of anilines is 3. The number of unbranched alkanes of at least 4 members (excludes halogenated alkanes) is 1. The molecule has 0 amide bonds. The zero-order chi connectivity index (χ0) is 16.8. The maximum absolute atomic E-state index is 5.42. The molecule has 0 fully saturated rings. The van der Waals surface area contributed by atoms with Gasteiger partial charge >= 0.3 is 0 Å². The third-order valence-corrected chi connectivity index (χ3v) is 3.68. The van der Waals surface area contributed by atoms with E-state index in [1.807, 2.05) is 25.1 Å². The molecule has 1 aromatic heterocycles. The molecule has 0 saturated heterocycles. The van der Waals surface area contributed by atoms with Crippen molar-refractivity contribution in [2.75, 3.05) is 30.9 Å². The van der Waals surface area contributed by atoms with Crippen LogP contribution in [0.5, 0.6) is 5.75 Å². The van der Waals surface area contributed by atoms with Crippen LogP contribution in [0, 0.1) is 13.8 Å². The lowest BCUT2D eigenvalue weighted by Crippen LogP contribution is -2.20. The van der Waals surface area contributed by atoms with Gasteiger partial charge in [0.05, 0.1) is 12.8 Å². The smallest absolute Gasteiger partial charge is 0.142 e. The van der Waals surface area contributed by atoms with E-state index < -0.39 is 0 Å². The number of hydrogen-bond donors (Lipinski definition) is 1. The van der Waals surface area contributed by atoms with Gasteiger partial charge in [-0.2, -0.15) is 0 Å². The SMILES string of the molecule is CCCCN(C)c1cc(Nc2cc(C)ccc2OC)nc(C)n1. The number of rotatable bonds is 7. The zero-order valence-corrected chi connectivity index (χ0v) is 14.7. The van der Waals surface area contributed by atoms with Crippen molar-refractivity contribution < 1.29 is 4.74 Å². The Morgan fingerprint density at radius 1 is 1.17 bits per heavy atom. The molecular weight excluding hydrogens is 288 g/mol. The second kappa shape index (κ2) is 7.81. The molecule has 23 heavy (non-hydrogen) atoms. The van der Waals surface area contributed by atoms with E-state index in [-0.39, 0.29) is 0 Å². The molecule has 1 N–H and O–H groups in total. The summed E-state index contributed by atoms with van der Waals surface area (Å²) in [6, 6.07) is 8.01. The Bertz CT molecular complexity index is 657. The highest BCUT2D eigenvalue weighted by Crippen LogP contribution is 2.28. The monoisotopic (exact) mass is 314 g/mol. The molecule has 1 heterocycles. The third kappa shape index (κ3) is 4.58. The topological polar surface area (TPSA) is 50.3 Å². The van der Waals surface area contributed by atoms with Gasteiger partial charge in [-0.05, 0) is 38.0 Å². The molecule has 0 saturated carbocycles. The van der Waals surface area contributed by atoms with E-state index in [0.29, 0.717) is 0 Å². The quantitative estimate of drug-likeness (QED) is 0.834. The molecule has 5 heteroatoms. The van der Waals surface area contributed by atoms with Crippen molar-refractivity contribution in [2.24, 2.45) is 0 Å². The minimum atomic E-state index is 0.750. The van der Waals surface area contributed by atoms with Gasteiger partial charge in [-0.25, -0.2) is 9.97 Å². The highest BCUT2D eigenvalue weighted by Gasteiger charge is 2.09. The fourth-order valence-corrected chi connectivity index (χ4v) is 2.38. The van der Waals surface area contributed by atoms with Crippen molar-refractivity contribution in [2.45, 2.75) is 33.6 Å². The van der Waals surface area contributed by atoms with Crippen LogP contribution in [0.4, 0.5) is 17.3 Å². The second-order valence-electron chi connectivity index (χ2n) is 5.76. The number of aromatic nitrogens is 2. The van der Waals surface area contributed by atoms with Crippen molar-refractivity contribution in [3.8, 4) is 5.75 Å². The highest BCUT2D eigenvalue weighted by atomic mass is 16.5. The predicted octanol–water partition coefficient (Wildman–Crippen LogP) is 4.08. The lowest BCUT2D eigenvalue weighted by molar-refractivity contribution is 0.416. The first-order chi connectivity index (χ1) is 11.0. The van der Waals surface area contributed by atoms with Crippen LogP contribution in [0.3, 0.4) is 0 Å². The number of aryl methyl sites for hydroxylation is 2. The maximum Gasteiger partial charge on any atom is 0.142 e. The summed E-state index contributed by atoms with van der Waals surface area (Å²) >= 11 is 0. The summed E-state index contributed by atoms with van der Waals surface area (Å²) in [5.41, 5.74) is 2.08. The minimum Gasteiger partial charge on any atom is -0.495 e. The molecule has 0 aliphatic carbocycles. The van der Waals surface area contributed by atoms with Crippen molar-refractivity contribution in [1.82, 2.24) is 9.97 Å². The largest absolute Gasteiger partial charge is 0.495 e. The molecule has 0 unspecified atom stereocenters. The Morgan fingerprint density at radius 3 is 2.65 bits per heavy atom. The Hall–Kier alpha value is -2.30. The number of benzene rings is 1. The van der Waals surface area contributed by atoms with Gasteiger partial charge in [0.15, 0.2) is 0 Å². The maximum atomic E-state index is 5.42. The third-order valence-electron chi connectivity index (χ3n) is 3.68. The molecule has 2 rings (SSSR count). The van der Waals surface area contributed by atoms with Gasteiger partial charge in [0.2, 0.25) is 0 Å². The molecule has 1 aromatic carbocycles. The summed E-state index contributed by atoms with van der Waals surface area (Å²) in [5.74, 6) is 3.26. The fraction of sp³-hybridized carbons (Fsp3) is 0.444. The first-order valence-corrected chi connectivity index (χ1v) is 8.02. The van der Waals surface area contributed by atoms with E-state index in [0.717, 1.165) is 41.9 Å². The van der Waals surface area contributed by atoms with Crippen LogP contribution in [0.2, 0.25) is 0 Å². The summed E-state index contributed by atoms with van der Waals surface area (Å²) in [5, 5.41) is 3.35. The first-order valence-electron chi connectivity index (χ1n) is 8.02. The van der Waals surface area contributed by atoms with Crippen LogP contribution in [0.15, 0.2) is 24.3 Å². The number of nitrogens with zero attached hydrogens (tertiary/aromatic N) is 3. The summed E-state index contributed by atoms with van der Waals surface area (Å²) in [6.45, 7) is 7.14. The van der Waals surface area contributed by atoms with Gasteiger partial charge in [0.25, 0.3) is 0 Å². The molecular formula is C18H26N4O. The van der Waals surface area contributed by atoms with E-state index in [1.165, 1.54) is 12.0 Å². The Kier molecular flexibility index (Phi) is 5.79. The van der Waals surface area contributed by atoms with Gasteiger partial charge in [0, 0.05) is 19.7 Å². The first kappa shape index (κ1) is 17.1. The van der Waals surface area contributed by atoms with Crippen molar-refractivity contribution >= 4 is 17.3 Å². The average Bonchev–Trinajstić information content (AvgIpc) is 2.52. The van der Waals surface area contributed by atoms with Crippen LogP contribution in [-0.4, -0.2) is 30.7 Å². The van der Waals surface area contributed by atoms with E-state index in [9.17, 15) is 0 Å². The van der Waals surface area contributed by atoms with Crippen LogP contribution in [-0.2, 0) is 0 Å². The lowest BCUT2D eigenvalue weighted by atomic mass is 10.2. The van der Waals surface area contributed by atoms with E-state index in [2.05, 4.69) is 47.1 Å². The van der Waals surface area contributed by atoms with Gasteiger partial charge in [0.1, 0.15) is 23.2 Å². The average molecular weight is 314 g/mol. The summed E-state index contributed by atoms with van der Waals surface area (Å²) < 4.78 is 5.42. The molecule has 0 spiro atoms. The summed E-state index contributed by atoms with van der Waals surface area (Å²) in [4.78, 5) is 11.2. The van der Waals surface area contributed by atoms with Crippen molar-refractivity contribution in [3.05, 3.63) is 35.7 Å². The molecule has 0 aliphatic heterocycles. The normalized spacial score (nSPS) is 10.5. The van der Waals surface area contributed by atoms with Crippen LogP contribution in [0.1, 0.15) is 31.2 Å². The molecule has 124 valence electrons. The highest BCUT2D eigenvalue weighted by molar-refractivity contribution is 5.66. The predicted molar refractivity (Wildman–Crippen MR) is 96.0 cm³/mol. The zero-order valence-electron chi connectivity index (χ0n) is 14.7. The Labute approximate surface area is 138 Å². The van der Waals surface area contributed by atoms with Crippen LogP contribution >= 0.6 is 0 Å². The molecule has 2 aromatic rings. The fourth-order valence-electron chi connectivity index (χ4n) is 2.38. The Morgan fingerprint density at radius 2 is 1.96 bits per heavy atom. The summed E-state index contributed by atoms with van der Waals surface area (Å²) in [6.07, 6.45) is 2.31. The minimum absolute atomic E-state index is 0.750. The Balaban J connectivity index is 2.26. The number of nitrogens with one attached hydrogen (secondary N) is 1. The standard InChI is InChI=1S/C18H26N4O/c1-6-7-10-22(4)18-12-17(19-14(3)20-18)21-15-11-13(2)8-9-16(15)23-5/h8-9,11-12H,6-7,10H2,1-5H3,(H,19,20,21). The second-order valence-corrected chi connectivity index (χ2v) is 5.76. The number of methoxy groups -OCH3 is 1. The molecule has 0 aliphatic rings. The molecule has 0 bridgehead atoms. The van der Waals surface area contributed by atoms with Crippen LogP contribution < -0.4 is 15.0 Å². The lowest BCUT2D eigenvalue weighted by Gasteiger charge is -2.19. The number of hydrogen-bond acceptors (Lipinski definition) is 5. The molecule has 0 radical (unpaired) electrons.